The minimum atomic E-state index is -0.252. The number of carbonyl (C=O) groups is 1. The molecule has 2 N–H and O–H groups in total. The molecule has 0 aromatic carbocycles. The van der Waals surface area contributed by atoms with E-state index in [9.17, 15) is 4.79 Å². The largest absolute Gasteiger partial charge is 0.359 e. The van der Waals surface area contributed by atoms with E-state index in [1.807, 2.05) is 19.2 Å². The highest BCUT2D eigenvalue weighted by Crippen LogP contribution is 2.16. The summed E-state index contributed by atoms with van der Waals surface area (Å²) in [7, 11) is 0. The highest BCUT2D eigenvalue weighted by Gasteiger charge is 2.12. The fourth-order valence-corrected chi connectivity index (χ4v) is 2.51. The number of hydrogen-bond acceptors (Lipinski definition) is 5. The summed E-state index contributed by atoms with van der Waals surface area (Å²) in [4.78, 5) is 16.2. The standard InChI is InChI=1S/C13H18N4O2S/c1-4-12-16-11(7-20-12)9(3)15-13(18)14-6-10-5-8(2)17-19-10/h5,7,9H,4,6H2,1-3H3,(H2,14,15,18). The zero-order valence-corrected chi connectivity index (χ0v) is 12.6. The number of aryl methyl sites for hydroxylation is 2. The number of hydrogen-bond donors (Lipinski definition) is 2. The third-order valence-electron chi connectivity index (χ3n) is 2.76. The Morgan fingerprint density at radius 1 is 1.55 bits per heavy atom. The molecule has 1 atom stereocenters. The molecule has 2 heterocycles. The van der Waals surface area contributed by atoms with E-state index < -0.39 is 0 Å². The molecule has 0 bridgehead atoms. The van der Waals surface area contributed by atoms with Crippen molar-refractivity contribution in [1.29, 1.82) is 0 Å². The van der Waals surface area contributed by atoms with Gasteiger partial charge in [-0.25, -0.2) is 9.78 Å². The van der Waals surface area contributed by atoms with Gasteiger partial charge < -0.3 is 15.2 Å². The first-order valence-electron chi connectivity index (χ1n) is 6.49. The summed E-state index contributed by atoms with van der Waals surface area (Å²) in [6, 6.07) is 1.41. The molecule has 0 aliphatic rings. The van der Waals surface area contributed by atoms with Crippen LogP contribution in [0.15, 0.2) is 16.0 Å². The quantitative estimate of drug-likeness (QED) is 0.888. The molecule has 1 unspecified atom stereocenters. The fourth-order valence-electron chi connectivity index (χ4n) is 1.67. The summed E-state index contributed by atoms with van der Waals surface area (Å²) in [6.45, 7) is 6.12. The maximum absolute atomic E-state index is 11.8. The Morgan fingerprint density at radius 2 is 2.35 bits per heavy atom. The SMILES string of the molecule is CCc1nc(C(C)NC(=O)NCc2cc(C)no2)cs1. The van der Waals surface area contributed by atoms with Crippen LogP contribution in [-0.4, -0.2) is 16.2 Å². The van der Waals surface area contributed by atoms with E-state index in [0.29, 0.717) is 12.3 Å². The van der Waals surface area contributed by atoms with Crippen LogP contribution in [0.4, 0.5) is 4.79 Å². The van der Waals surface area contributed by atoms with E-state index in [1.165, 1.54) is 0 Å². The maximum atomic E-state index is 11.8. The van der Waals surface area contributed by atoms with Crippen molar-refractivity contribution >= 4 is 17.4 Å². The lowest BCUT2D eigenvalue weighted by atomic mass is 10.2. The smallest absolute Gasteiger partial charge is 0.315 e. The molecule has 20 heavy (non-hydrogen) atoms. The van der Waals surface area contributed by atoms with E-state index in [0.717, 1.165) is 22.8 Å². The number of carbonyl (C=O) groups excluding carboxylic acids is 1. The summed E-state index contributed by atoms with van der Waals surface area (Å²) in [5, 5.41) is 12.4. The van der Waals surface area contributed by atoms with Crippen LogP contribution in [0.2, 0.25) is 0 Å². The summed E-state index contributed by atoms with van der Waals surface area (Å²) in [5.41, 5.74) is 1.68. The topological polar surface area (TPSA) is 80.0 Å². The van der Waals surface area contributed by atoms with Crippen LogP contribution < -0.4 is 10.6 Å². The van der Waals surface area contributed by atoms with Gasteiger partial charge in [-0.15, -0.1) is 11.3 Å². The van der Waals surface area contributed by atoms with Crippen LogP contribution in [0.25, 0.3) is 0 Å². The molecule has 0 fully saturated rings. The Kier molecular flexibility index (Phi) is 4.73. The lowest BCUT2D eigenvalue weighted by Crippen LogP contribution is -2.36. The van der Waals surface area contributed by atoms with Gasteiger partial charge in [0.05, 0.1) is 29.0 Å². The molecule has 7 heteroatoms. The van der Waals surface area contributed by atoms with Crippen LogP contribution in [0, 0.1) is 6.92 Å². The van der Waals surface area contributed by atoms with E-state index >= 15 is 0 Å². The molecule has 2 aromatic rings. The van der Waals surface area contributed by atoms with E-state index in [4.69, 9.17) is 4.52 Å². The Hall–Kier alpha value is -1.89. The Labute approximate surface area is 121 Å². The van der Waals surface area contributed by atoms with Crippen molar-refractivity contribution in [3.63, 3.8) is 0 Å². The molecule has 0 aliphatic carbocycles. The van der Waals surface area contributed by atoms with Gasteiger partial charge in [-0.05, 0) is 20.3 Å². The summed E-state index contributed by atoms with van der Waals surface area (Å²) >= 11 is 1.61. The first-order valence-corrected chi connectivity index (χ1v) is 7.37. The van der Waals surface area contributed by atoms with Gasteiger partial charge in [0.1, 0.15) is 0 Å². The van der Waals surface area contributed by atoms with Gasteiger partial charge >= 0.3 is 6.03 Å². The molecular formula is C13H18N4O2S. The Balaban J connectivity index is 1.81. The Bertz CT molecular complexity index is 578. The third kappa shape index (κ3) is 3.80. The molecule has 2 aromatic heterocycles. The van der Waals surface area contributed by atoms with E-state index in [2.05, 4.69) is 27.7 Å². The highest BCUT2D eigenvalue weighted by molar-refractivity contribution is 7.09. The van der Waals surface area contributed by atoms with Crippen LogP contribution in [0.1, 0.15) is 42.0 Å². The minimum Gasteiger partial charge on any atom is -0.359 e. The number of amides is 2. The van der Waals surface area contributed by atoms with Crippen LogP contribution >= 0.6 is 11.3 Å². The number of aromatic nitrogens is 2. The molecule has 0 spiro atoms. The van der Waals surface area contributed by atoms with Crippen molar-refractivity contribution < 1.29 is 9.32 Å². The second kappa shape index (κ2) is 6.51. The summed E-state index contributed by atoms with van der Waals surface area (Å²) in [5.74, 6) is 0.632. The zero-order valence-electron chi connectivity index (χ0n) is 11.8. The van der Waals surface area contributed by atoms with Crippen LogP contribution in [0.5, 0.6) is 0 Å². The first-order chi connectivity index (χ1) is 9.58. The highest BCUT2D eigenvalue weighted by atomic mass is 32.1. The molecular weight excluding hydrogens is 276 g/mol. The van der Waals surface area contributed by atoms with Crippen molar-refractivity contribution in [2.45, 2.75) is 39.8 Å². The molecule has 0 radical (unpaired) electrons. The van der Waals surface area contributed by atoms with Gasteiger partial charge in [-0.2, -0.15) is 0 Å². The average molecular weight is 294 g/mol. The van der Waals surface area contributed by atoms with Crippen LogP contribution in [-0.2, 0) is 13.0 Å². The van der Waals surface area contributed by atoms with E-state index in [1.54, 1.807) is 17.4 Å². The van der Waals surface area contributed by atoms with Crippen molar-refractivity contribution in [3.05, 3.63) is 33.6 Å². The normalized spacial score (nSPS) is 12.2. The van der Waals surface area contributed by atoms with E-state index in [-0.39, 0.29) is 12.1 Å². The predicted molar refractivity (Wildman–Crippen MR) is 76.5 cm³/mol. The summed E-state index contributed by atoms with van der Waals surface area (Å²) in [6.07, 6.45) is 0.911. The fraction of sp³-hybridized carbons (Fsp3) is 0.462. The Morgan fingerprint density at radius 3 is 2.95 bits per heavy atom. The number of rotatable bonds is 5. The average Bonchev–Trinajstić information content (AvgIpc) is 3.05. The van der Waals surface area contributed by atoms with Crippen molar-refractivity contribution in [1.82, 2.24) is 20.8 Å². The van der Waals surface area contributed by atoms with Gasteiger partial charge in [0, 0.05) is 11.4 Å². The number of nitrogens with one attached hydrogen (secondary N) is 2. The maximum Gasteiger partial charge on any atom is 0.315 e. The number of urea groups is 1. The van der Waals surface area contributed by atoms with Crippen molar-refractivity contribution in [3.8, 4) is 0 Å². The first kappa shape index (κ1) is 14.5. The zero-order chi connectivity index (χ0) is 14.5. The van der Waals surface area contributed by atoms with Crippen molar-refractivity contribution in [2.24, 2.45) is 0 Å². The van der Waals surface area contributed by atoms with Gasteiger partial charge in [-0.3, -0.25) is 0 Å². The lowest BCUT2D eigenvalue weighted by Gasteiger charge is -2.11. The van der Waals surface area contributed by atoms with Gasteiger partial charge in [0.2, 0.25) is 0 Å². The number of thiazole rings is 1. The molecule has 0 saturated heterocycles. The predicted octanol–water partition coefficient (Wildman–Crippen LogP) is 2.56. The molecule has 0 saturated carbocycles. The van der Waals surface area contributed by atoms with Crippen LogP contribution in [0.3, 0.4) is 0 Å². The molecule has 2 rings (SSSR count). The molecule has 6 nitrogen and oxygen atoms in total. The second-order valence-electron chi connectivity index (χ2n) is 4.50. The minimum absolute atomic E-state index is 0.122. The molecule has 0 aliphatic heterocycles. The van der Waals surface area contributed by atoms with Crippen molar-refractivity contribution in [2.75, 3.05) is 0 Å². The summed E-state index contributed by atoms with van der Waals surface area (Å²) < 4.78 is 5.02. The molecule has 108 valence electrons. The molecule has 2 amide bonds. The van der Waals surface area contributed by atoms with Gasteiger partial charge in [-0.1, -0.05) is 12.1 Å². The second-order valence-corrected chi connectivity index (χ2v) is 5.45. The number of nitrogens with zero attached hydrogens (tertiary/aromatic N) is 2. The monoisotopic (exact) mass is 294 g/mol. The lowest BCUT2D eigenvalue weighted by molar-refractivity contribution is 0.235. The van der Waals surface area contributed by atoms with Gasteiger partial charge in [0.25, 0.3) is 0 Å². The third-order valence-corrected chi connectivity index (χ3v) is 3.77. The van der Waals surface area contributed by atoms with Gasteiger partial charge in [0.15, 0.2) is 5.76 Å².